The average molecular weight is 218 g/mol. The first-order valence-corrected chi connectivity index (χ1v) is 4.78. The Hall–Kier alpha value is -1.44. The fourth-order valence-electron chi connectivity index (χ4n) is 0.696. The van der Waals surface area contributed by atoms with Crippen molar-refractivity contribution >= 4 is 16.4 Å². The van der Waals surface area contributed by atoms with Crippen molar-refractivity contribution in [1.82, 2.24) is 0 Å². The topological polar surface area (TPSA) is 89.9 Å². The highest BCUT2D eigenvalue weighted by atomic mass is 32.3. The second-order valence-corrected chi connectivity index (χ2v) is 3.22. The lowest BCUT2D eigenvalue weighted by molar-refractivity contribution is -0.151. The number of rotatable bonds is 3. The molecule has 0 fully saturated rings. The highest BCUT2D eigenvalue weighted by Crippen LogP contribution is 2.02. The van der Waals surface area contributed by atoms with E-state index in [1.165, 1.54) is 12.1 Å². The third-order valence-electron chi connectivity index (χ3n) is 1.21. The molecule has 7 heteroatoms. The van der Waals surface area contributed by atoms with Gasteiger partial charge in [0.15, 0.2) is 0 Å². The molecule has 14 heavy (non-hydrogen) atoms. The van der Waals surface area contributed by atoms with Crippen molar-refractivity contribution in [2.24, 2.45) is 0 Å². The molecule has 0 saturated carbocycles. The highest BCUT2D eigenvalue weighted by molar-refractivity contribution is 7.80. The van der Waals surface area contributed by atoms with Gasteiger partial charge in [0.1, 0.15) is 0 Å². The molecular weight excluding hydrogens is 212 g/mol. The molecule has 0 unspecified atom stereocenters. The van der Waals surface area contributed by atoms with Crippen LogP contribution in [0.2, 0.25) is 0 Å². The van der Waals surface area contributed by atoms with Crippen LogP contribution in [0.1, 0.15) is 10.4 Å². The zero-order valence-electron chi connectivity index (χ0n) is 6.78. The summed E-state index contributed by atoms with van der Waals surface area (Å²) in [6.07, 6.45) is 0. The van der Waals surface area contributed by atoms with E-state index in [9.17, 15) is 13.2 Å². The third kappa shape index (κ3) is 3.52. The number of hydrogen-bond acceptors (Lipinski definition) is 5. The maximum atomic E-state index is 11.0. The van der Waals surface area contributed by atoms with E-state index in [2.05, 4.69) is 9.22 Å². The summed E-state index contributed by atoms with van der Waals surface area (Å²) in [6.45, 7) is 0. The van der Waals surface area contributed by atoms with E-state index in [4.69, 9.17) is 4.55 Å². The van der Waals surface area contributed by atoms with Crippen molar-refractivity contribution in [1.29, 1.82) is 0 Å². The van der Waals surface area contributed by atoms with Crippen LogP contribution in [0.5, 0.6) is 0 Å². The van der Waals surface area contributed by atoms with Crippen LogP contribution in [0.3, 0.4) is 0 Å². The first-order chi connectivity index (χ1) is 6.49. The van der Waals surface area contributed by atoms with Crippen molar-refractivity contribution in [3.05, 3.63) is 35.9 Å². The van der Waals surface area contributed by atoms with Crippen LogP contribution in [0, 0.1) is 0 Å². The second-order valence-electron chi connectivity index (χ2n) is 2.23. The molecule has 0 saturated heterocycles. The van der Waals surface area contributed by atoms with E-state index < -0.39 is 16.4 Å². The van der Waals surface area contributed by atoms with Gasteiger partial charge in [-0.15, -0.1) is 0 Å². The standard InChI is InChI=1S/C7H6O6S/c8-7(12-13-14(9,10)11)6-4-2-1-3-5-6/h1-5H,(H,9,10,11). The molecule has 0 aliphatic heterocycles. The molecule has 1 N–H and O–H groups in total. The van der Waals surface area contributed by atoms with Crippen LogP contribution in [0.25, 0.3) is 0 Å². The predicted octanol–water partition coefficient (Wildman–Crippen LogP) is 0.578. The van der Waals surface area contributed by atoms with Gasteiger partial charge in [0.2, 0.25) is 0 Å². The molecule has 0 spiro atoms. The number of benzene rings is 1. The minimum absolute atomic E-state index is 0.108. The summed E-state index contributed by atoms with van der Waals surface area (Å²) >= 11 is 0. The molecule has 6 nitrogen and oxygen atoms in total. The first-order valence-electron chi connectivity index (χ1n) is 3.42. The molecule has 0 bridgehead atoms. The van der Waals surface area contributed by atoms with E-state index in [0.29, 0.717) is 0 Å². The lowest BCUT2D eigenvalue weighted by Gasteiger charge is -1.98. The maximum absolute atomic E-state index is 11.0. The van der Waals surface area contributed by atoms with Gasteiger partial charge in [0.05, 0.1) is 5.56 Å². The number of hydrogen-bond donors (Lipinski definition) is 1. The lowest BCUT2D eigenvalue weighted by atomic mass is 10.2. The van der Waals surface area contributed by atoms with Crippen LogP contribution in [-0.4, -0.2) is 18.9 Å². The molecule has 0 amide bonds. The van der Waals surface area contributed by atoms with Crippen molar-refractivity contribution in [2.45, 2.75) is 0 Å². The lowest BCUT2D eigenvalue weighted by Crippen LogP contribution is -2.10. The smallest absolute Gasteiger partial charge is 0.274 e. The van der Waals surface area contributed by atoms with E-state index in [-0.39, 0.29) is 5.56 Å². The van der Waals surface area contributed by atoms with Gasteiger partial charge in [-0.25, -0.2) is 4.79 Å². The zero-order valence-corrected chi connectivity index (χ0v) is 7.60. The molecule has 76 valence electrons. The van der Waals surface area contributed by atoms with Crippen LogP contribution < -0.4 is 0 Å². The van der Waals surface area contributed by atoms with Crippen molar-refractivity contribution in [2.75, 3.05) is 0 Å². The molecule has 1 aromatic carbocycles. The van der Waals surface area contributed by atoms with E-state index in [1.54, 1.807) is 18.2 Å². The van der Waals surface area contributed by atoms with Crippen LogP contribution >= 0.6 is 0 Å². The summed E-state index contributed by atoms with van der Waals surface area (Å²) in [7, 11) is -4.77. The minimum atomic E-state index is -4.77. The molecule has 0 aromatic heterocycles. The van der Waals surface area contributed by atoms with Crippen LogP contribution in [0.4, 0.5) is 0 Å². The SMILES string of the molecule is O=C(OOS(=O)(=O)O)c1ccccc1. The molecule has 1 aromatic rings. The monoisotopic (exact) mass is 218 g/mol. The van der Waals surface area contributed by atoms with Gasteiger partial charge in [0, 0.05) is 0 Å². The quantitative estimate of drug-likeness (QED) is 0.453. The fraction of sp³-hybridized carbons (Fsp3) is 0. The van der Waals surface area contributed by atoms with E-state index >= 15 is 0 Å². The van der Waals surface area contributed by atoms with Crippen LogP contribution in [-0.2, 0) is 19.6 Å². The Bertz CT molecular complexity index is 409. The summed E-state index contributed by atoms with van der Waals surface area (Å²) in [6, 6.07) is 7.58. The Labute approximate surface area is 80.0 Å². The zero-order chi connectivity index (χ0) is 10.6. The summed E-state index contributed by atoms with van der Waals surface area (Å²) < 4.78 is 31.6. The van der Waals surface area contributed by atoms with E-state index in [1.807, 2.05) is 0 Å². The van der Waals surface area contributed by atoms with Gasteiger partial charge in [-0.2, -0.15) is 8.42 Å². The van der Waals surface area contributed by atoms with Crippen LogP contribution in [0.15, 0.2) is 30.3 Å². The Morgan fingerprint density at radius 3 is 2.29 bits per heavy atom. The largest absolute Gasteiger partial charge is 0.432 e. The number of carbonyl (C=O) groups is 1. The molecule has 0 atom stereocenters. The molecule has 0 radical (unpaired) electrons. The van der Waals surface area contributed by atoms with E-state index in [0.717, 1.165) is 0 Å². The van der Waals surface area contributed by atoms with Gasteiger partial charge in [-0.3, -0.25) is 9.44 Å². The first kappa shape index (κ1) is 10.6. The Balaban J connectivity index is 2.61. The number of carbonyl (C=O) groups excluding carboxylic acids is 1. The average Bonchev–Trinajstić information content (AvgIpc) is 2.14. The molecular formula is C7H6O6S. The maximum Gasteiger partial charge on any atom is 0.432 e. The van der Waals surface area contributed by atoms with Gasteiger partial charge >= 0.3 is 16.4 Å². The predicted molar refractivity (Wildman–Crippen MR) is 44.5 cm³/mol. The van der Waals surface area contributed by atoms with Gasteiger partial charge in [-0.05, 0) is 16.5 Å². The molecule has 0 heterocycles. The minimum Gasteiger partial charge on any atom is -0.274 e. The fourth-order valence-corrected chi connectivity index (χ4v) is 0.844. The van der Waals surface area contributed by atoms with Crippen molar-refractivity contribution in [3.63, 3.8) is 0 Å². The highest BCUT2D eigenvalue weighted by Gasteiger charge is 2.12. The second kappa shape index (κ2) is 4.18. The molecule has 0 aliphatic carbocycles. The molecule has 1 rings (SSSR count). The summed E-state index contributed by atoms with van der Waals surface area (Å²) in [5.41, 5.74) is 0.108. The van der Waals surface area contributed by atoms with Gasteiger partial charge < -0.3 is 0 Å². The van der Waals surface area contributed by atoms with Gasteiger partial charge in [0.25, 0.3) is 0 Å². The Kier molecular flexibility index (Phi) is 3.18. The summed E-state index contributed by atoms with van der Waals surface area (Å²) in [4.78, 5) is 14.8. The normalized spacial score (nSPS) is 10.9. The van der Waals surface area contributed by atoms with Crippen molar-refractivity contribution < 1.29 is 27.0 Å². The summed E-state index contributed by atoms with van der Waals surface area (Å²) in [5.74, 6) is -1.01. The van der Waals surface area contributed by atoms with Gasteiger partial charge in [-0.1, -0.05) is 18.2 Å². The Morgan fingerprint density at radius 1 is 1.21 bits per heavy atom. The van der Waals surface area contributed by atoms with Crippen molar-refractivity contribution in [3.8, 4) is 0 Å². The third-order valence-corrected chi connectivity index (χ3v) is 1.45. The summed E-state index contributed by atoms with van der Waals surface area (Å²) in [5, 5.41) is 0. The molecule has 0 aliphatic rings. The Morgan fingerprint density at radius 2 is 1.79 bits per heavy atom.